The summed E-state index contributed by atoms with van der Waals surface area (Å²) >= 11 is 0. The van der Waals surface area contributed by atoms with Crippen molar-refractivity contribution < 1.29 is 14.2 Å². The van der Waals surface area contributed by atoms with Crippen LogP contribution in [0.4, 0.5) is 0 Å². The largest absolute Gasteiger partial charge is 0.382 e. The zero-order valence-corrected chi connectivity index (χ0v) is 18.2. The number of piperidine rings is 1. The van der Waals surface area contributed by atoms with Crippen LogP contribution in [0.15, 0.2) is 4.99 Å². The molecule has 0 aliphatic carbocycles. The van der Waals surface area contributed by atoms with Crippen molar-refractivity contribution >= 4 is 29.9 Å². The second-order valence-electron chi connectivity index (χ2n) is 6.53. The molecule has 2 aliphatic heterocycles. The molecule has 0 aromatic carbocycles. The van der Waals surface area contributed by atoms with Crippen LogP contribution in [0.5, 0.6) is 0 Å². The van der Waals surface area contributed by atoms with Gasteiger partial charge in [0.15, 0.2) is 5.96 Å². The highest BCUT2D eigenvalue weighted by molar-refractivity contribution is 14.0. The number of hydrogen-bond acceptors (Lipinski definition) is 4. The van der Waals surface area contributed by atoms with Gasteiger partial charge >= 0.3 is 0 Å². The number of nitrogens with one attached hydrogen (secondary N) is 1. The number of aliphatic imine (C=N–C) groups is 1. The zero-order valence-electron chi connectivity index (χ0n) is 15.9. The molecule has 25 heavy (non-hydrogen) atoms. The summed E-state index contributed by atoms with van der Waals surface area (Å²) < 4.78 is 17.2. The zero-order chi connectivity index (χ0) is 17.0. The summed E-state index contributed by atoms with van der Waals surface area (Å²) in [6.07, 6.45) is 7.44. The molecule has 0 spiro atoms. The molecule has 0 aromatic heterocycles. The molecule has 0 bridgehead atoms. The van der Waals surface area contributed by atoms with Crippen LogP contribution in [0, 0.1) is 0 Å². The third-order valence-corrected chi connectivity index (χ3v) is 4.70. The average Bonchev–Trinajstić information content (AvgIpc) is 2.64. The SMILES string of the molecule is CCOCCCNC(=NC)N1CCC(OCC2CCCCO2)CC1.I. The smallest absolute Gasteiger partial charge is 0.193 e. The maximum Gasteiger partial charge on any atom is 0.193 e. The monoisotopic (exact) mass is 469 g/mol. The molecule has 0 saturated carbocycles. The number of nitrogens with zero attached hydrogens (tertiary/aromatic N) is 2. The third kappa shape index (κ3) is 8.88. The normalized spacial score (nSPS) is 22.6. The fourth-order valence-electron chi connectivity index (χ4n) is 3.27. The van der Waals surface area contributed by atoms with Gasteiger partial charge in [-0.2, -0.15) is 0 Å². The summed E-state index contributed by atoms with van der Waals surface area (Å²) in [7, 11) is 1.86. The Bertz CT molecular complexity index is 357. The molecule has 2 saturated heterocycles. The molecule has 2 heterocycles. The van der Waals surface area contributed by atoms with E-state index in [1.165, 1.54) is 12.8 Å². The van der Waals surface area contributed by atoms with E-state index in [2.05, 4.69) is 15.2 Å². The highest BCUT2D eigenvalue weighted by Crippen LogP contribution is 2.17. The van der Waals surface area contributed by atoms with Crippen molar-refractivity contribution in [1.29, 1.82) is 0 Å². The van der Waals surface area contributed by atoms with Crippen molar-refractivity contribution in [3.05, 3.63) is 0 Å². The number of ether oxygens (including phenoxy) is 3. The summed E-state index contributed by atoms with van der Waals surface area (Å²) in [5, 5.41) is 3.43. The molecule has 2 fully saturated rings. The lowest BCUT2D eigenvalue weighted by atomic mass is 10.1. The van der Waals surface area contributed by atoms with E-state index in [9.17, 15) is 0 Å². The maximum atomic E-state index is 6.08. The van der Waals surface area contributed by atoms with Gasteiger partial charge in [-0.25, -0.2) is 0 Å². The lowest BCUT2D eigenvalue weighted by Gasteiger charge is -2.35. The topological polar surface area (TPSA) is 55.3 Å². The third-order valence-electron chi connectivity index (χ3n) is 4.70. The van der Waals surface area contributed by atoms with E-state index in [0.717, 1.165) is 77.7 Å². The average molecular weight is 469 g/mol. The van der Waals surface area contributed by atoms with Crippen molar-refractivity contribution in [2.45, 2.75) is 57.7 Å². The Balaban J connectivity index is 0.00000312. The number of halogens is 1. The minimum Gasteiger partial charge on any atom is -0.382 e. The van der Waals surface area contributed by atoms with E-state index in [-0.39, 0.29) is 24.0 Å². The van der Waals surface area contributed by atoms with Crippen LogP contribution in [-0.2, 0) is 14.2 Å². The first-order valence-corrected chi connectivity index (χ1v) is 9.60. The second-order valence-corrected chi connectivity index (χ2v) is 6.53. The Labute approximate surface area is 170 Å². The second kappa shape index (κ2) is 14.0. The minimum atomic E-state index is 0. The molecule has 0 amide bonds. The summed E-state index contributed by atoms with van der Waals surface area (Å²) in [5.74, 6) is 1.00. The number of rotatable bonds is 8. The van der Waals surface area contributed by atoms with Gasteiger partial charge in [0.2, 0.25) is 0 Å². The maximum absolute atomic E-state index is 6.08. The van der Waals surface area contributed by atoms with E-state index >= 15 is 0 Å². The Kier molecular flexibility index (Phi) is 12.8. The van der Waals surface area contributed by atoms with Gasteiger partial charge in [-0.3, -0.25) is 4.99 Å². The Morgan fingerprint density at radius 3 is 2.68 bits per heavy atom. The van der Waals surface area contributed by atoms with Crippen LogP contribution < -0.4 is 5.32 Å². The lowest BCUT2D eigenvalue weighted by molar-refractivity contribution is -0.0721. The quantitative estimate of drug-likeness (QED) is 0.257. The first-order chi connectivity index (χ1) is 11.8. The molecule has 148 valence electrons. The van der Waals surface area contributed by atoms with Crippen molar-refractivity contribution in [3.63, 3.8) is 0 Å². The summed E-state index contributed by atoms with van der Waals surface area (Å²) in [5.41, 5.74) is 0. The lowest BCUT2D eigenvalue weighted by Crippen LogP contribution is -2.47. The Hall–Kier alpha value is -0.120. The van der Waals surface area contributed by atoms with E-state index < -0.39 is 0 Å². The number of guanidine groups is 1. The summed E-state index contributed by atoms with van der Waals surface area (Å²) in [6, 6.07) is 0. The molecule has 1 unspecified atom stereocenters. The van der Waals surface area contributed by atoms with Crippen molar-refractivity contribution in [2.75, 3.05) is 53.1 Å². The molecule has 6 nitrogen and oxygen atoms in total. The standard InChI is InChI=1S/C18H35N3O3.HI/c1-3-22-13-6-10-20-18(19-2)21-11-8-16(9-12-21)24-15-17-7-4-5-14-23-17;/h16-17H,3-15H2,1-2H3,(H,19,20);1H. The van der Waals surface area contributed by atoms with E-state index in [4.69, 9.17) is 14.2 Å². The summed E-state index contributed by atoms with van der Waals surface area (Å²) in [4.78, 5) is 6.73. The van der Waals surface area contributed by atoms with Crippen LogP contribution in [0.1, 0.15) is 45.4 Å². The number of likely N-dealkylation sites (tertiary alicyclic amines) is 1. The van der Waals surface area contributed by atoms with E-state index in [0.29, 0.717) is 12.2 Å². The molecular formula is C18H36IN3O3. The van der Waals surface area contributed by atoms with Crippen molar-refractivity contribution in [2.24, 2.45) is 4.99 Å². The van der Waals surface area contributed by atoms with Crippen LogP contribution >= 0.6 is 24.0 Å². The van der Waals surface area contributed by atoms with Crippen LogP contribution in [0.2, 0.25) is 0 Å². The molecule has 0 aromatic rings. The molecule has 0 radical (unpaired) electrons. The number of hydrogen-bond donors (Lipinski definition) is 1. The van der Waals surface area contributed by atoms with Crippen LogP contribution in [0.25, 0.3) is 0 Å². The van der Waals surface area contributed by atoms with Crippen LogP contribution in [0.3, 0.4) is 0 Å². The summed E-state index contributed by atoms with van der Waals surface area (Å²) in [6.45, 7) is 8.18. The predicted molar refractivity (Wildman–Crippen MR) is 112 cm³/mol. The van der Waals surface area contributed by atoms with Gasteiger partial charge in [-0.1, -0.05) is 0 Å². The Morgan fingerprint density at radius 1 is 1.24 bits per heavy atom. The van der Waals surface area contributed by atoms with E-state index in [1.807, 2.05) is 14.0 Å². The molecule has 1 N–H and O–H groups in total. The first-order valence-electron chi connectivity index (χ1n) is 9.60. The fourth-order valence-corrected chi connectivity index (χ4v) is 3.27. The molecule has 2 rings (SSSR count). The highest BCUT2D eigenvalue weighted by atomic mass is 127. The van der Waals surface area contributed by atoms with Gasteiger partial charge in [0.05, 0.1) is 18.8 Å². The molecule has 2 aliphatic rings. The Morgan fingerprint density at radius 2 is 2.04 bits per heavy atom. The van der Waals surface area contributed by atoms with Gasteiger partial charge in [-0.05, 0) is 45.4 Å². The van der Waals surface area contributed by atoms with Gasteiger partial charge < -0.3 is 24.4 Å². The highest BCUT2D eigenvalue weighted by Gasteiger charge is 2.23. The van der Waals surface area contributed by atoms with Crippen molar-refractivity contribution in [3.8, 4) is 0 Å². The molecule has 1 atom stereocenters. The van der Waals surface area contributed by atoms with Gasteiger partial charge in [0.25, 0.3) is 0 Å². The predicted octanol–water partition coefficient (Wildman–Crippen LogP) is 2.66. The van der Waals surface area contributed by atoms with Crippen LogP contribution in [-0.4, -0.2) is 76.2 Å². The minimum absolute atomic E-state index is 0. The molecule has 7 heteroatoms. The fraction of sp³-hybridized carbons (Fsp3) is 0.944. The molecular weight excluding hydrogens is 433 g/mol. The van der Waals surface area contributed by atoms with Gasteiger partial charge in [0.1, 0.15) is 0 Å². The van der Waals surface area contributed by atoms with E-state index in [1.54, 1.807) is 0 Å². The van der Waals surface area contributed by atoms with Crippen molar-refractivity contribution in [1.82, 2.24) is 10.2 Å². The van der Waals surface area contributed by atoms with Gasteiger partial charge in [0, 0.05) is 46.5 Å². The van der Waals surface area contributed by atoms with Gasteiger partial charge in [-0.15, -0.1) is 24.0 Å². The first kappa shape index (κ1) is 22.9.